The average Bonchev–Trinajstić information content (AvgIpc) is 2.28. The van der Waals surface area contributed by atoms with Gasteiger partial charge >= 0.3 is 6.18 Å². The van der Waals surface area contributed by atoms with Crippen LogP contribution in [0.25, 0.3) is 10.9 Å². The number of carbonyl (C=O) groups excluding carboxylic acids is 1. The molecule has 0 atom stereocenters. The zero-order chi connectivity index (χ0) is 13.3. The third kappa shape index (κ3) is 2.67. The number of aryl methyl sites for hydroxylation is 1. The lowest BCUT2D eigenvalue weighted by molar-refractivity contribution is -0.170. The molecule has 0 saturated carbocycles. The second-order valence-electron chi connectivity index (χ2n) is 4.08. The Bertz CT molecular complexity index is 605. The van der Waals surface area contributed by atoms with Crippen molar-refractivity contribution in [3.63, 3.8) is 0 Å². The monoisotopic (exact) mass is 253 g/mol. The van der Waals surface area contributed by atoms with Crippen LogP contribution in [0, 0.1) is 6.92 Å². The predicted octanol–water partition coefficient (Wildman–Crippen LogP) is 3.22. The van der Waals surface area contributed by atoms with Crippen molar-refractivity contribution < 1.29 is 18.0 Å². The van der Waals surface area contributed by atoms with Gasteiger partial charge in [0, 0.05) is 17.5 Å². The highest BCUT2D eigenvalue weighted by Gasteiger charge is 2.37. The number of carbonyl (C=O) groups is 1. The average molecular weight is 253 g/mol. The number of fused-ring (bicyclic) bond motifs is 1. The summed E-state index contributed by atoms with van der Waals surface area (Å²) in [5.74, 6) is -1.73. The van der Waals surface area contributed by atoms with Gasteiger partial charge < -0.3 is 0 Å². The number of hydrogen-bond donors (Lipinski definition) is 0. The molecule has 0 spiro atoms. The van der Waals surface area contributed by atoms with Crippen LogP contribution in [0.4, 0.5) is 13.2 Å². The molecule has 2 rings (SSSR count). The number of halogens is 3. The molecule has 18 heavy (non-hydrogen) atoms. The lowest BCUT2D eigenvalue weighted by Crippen LogP contribution is -2.24. The molecule has 0 fully saturated rings. The number of aromatic nitrogens is 1. The zero-order valence-corrected chi connectivity index (χ0v) is 9.58. The molecule has 0 saturated heterocycles. The van der Waals surface area contributed by atoms with Crippen LogP contribution < -0.4 is 0 Å². The van der Waals surface area contributed by atoms with Gasteiger partial charge in [-0.2, -0.15) is 13.2 Å². The third-order valence-electron chi connectivity index (χ3n) is 2.57. The molecule has 0 radical (unpaired) electrons. The summed E-state index contributed by atoms with van der Waals surface area (Å²) in [4.78, 5) is 15.1. The number of Topliss-reactive ketones (excluding diaryl/α,β-unsaturated/α-hetero) is 1. The predicted molar refractivity (Wildman–Crippen MR) is 61.2 cm³/mol. The van der Waals surface area contributed by atoms with Gasteiger partial charge in [-0.1, -0.05) is 12.1 Å². The second-order valence-corrected chi connectivity index (χ2v) is 4.08. The first-order valence-electron chi connectivity index (χ1n) is 5.32. The van der Waals surface area contributed by atoms with Crippen molar-refractivity contribution in [3.8, 4) is 0 Å². The molecule has 94 valence electrons. The van der Waals surface area contributed by atoms with Crippen molar-refractivity contribution in [1.82, 2.24) is 4.98 Å². The summed E-state index contributed by atoms with van der Waals surface area (Å²) >= 11 is 0. The van der Waals surface area contributed by atoms with Crippen LogP contribution in [-0.2, 0) is 11.2 Å². The largest absolute Gasteiger partial charge is 0.450 e. The van der Waals surface area contributed by atoms with E-state index in [9.17, 15) is 18.0 Å². The van der Waals surface area contributed by atoms with E-state index >= 15 is 0 Å². The highest BCUT2D eigenvalue weighted by atomic mass is 19.4. The maximum absolute atomic E-state index is 12.1. The number of rotatable bonds is 2. The molecule has 0 aliphatic heterocycles. The van der Waals surface area contributed by atoms with Crippen LogP contribution in [0.2, 0.25) is 0 Å². The van der Waals surface area contributed by atoms with Gasteiger partial charge in [-0.05, 0) is 30.7 Å². The second kappa shape index (κ2) is 4.40. The summed E-state index contributed by atoms with van der Waals surface area (Å²) in [5, 5.41) is 0.730. The van der Waals surface area contributed by atoms with Gasteiger partial charge in [0.15, 0.2) is 0 Å². The van der Waals surface area contributed by atoms with Gasteiger partial charge in [-0.25, -0.2) is 0 Å². The van der Waals surface area contributed by atoms with E-state index in [1.54, 1.807) is 24.3 Å². The van der Waals surface area contributed by atoms with Crippen molar-refractivity contribution in [2.24, 2.45) is 0 Å². The van der Waals surface area contributed by atoms with Gasteiger partial charge in [-0.3, -0.25) is 9.78 Å². The van der Waals surface area contributed by atoms with E-state index in [4.69, 9.17) is 0 Å². The first-order valence-corrected chi connectivity index (χ1v) is 5.32. The van der Waals surface area contributed by atoms with E-state index in [1.807, 2.05) is 6.92 Å². The molecular weight excluding hydrogens is 243 g/mol. The van der Waals surface area contributed by atoms with Crippen molar-refractivity contribution in [1.29, 1.82) is 0 Å². The Morgan fingerprint density at radius 3 is 2.61 bits per heavy atom. The Morgan fingerprint density at radius 1 is 1.22 bits per heavy atom. The minimum Gasteiger partial charge on any atom is -0.289 e. The van der Waals surface area contributed by atoms with Gasteiger partial charge in [0.1, 0.15) is 0 Å². The zero-order valence-electron chi connectivity index (χ0n) is 9.58. The molecule has 2 nitrogen and oxygen atoms in total. The van der Waals surface area contributed by atoms with Crippen molar-refractivity contribution in [3.05, 3.63) is 41.6 Å². The summed E-state index contributed by atoms with van der Waals surface area (Å²) in [6.45, 7) is 1.83. The highest BCUT2D eigenvalue weighted by Crippen LogP contribution is 2.21. The maximum atomic E-state index is 12.1. The Labute approximate surface area is 101 Å². The number of benzene rings is 1. The van der Waals surface area contributed by atoms with E-state index in [1.165, 1.54) is 6.07 Å². The quantitative estimate of drug-likeness (QED) is 0.822. The van der Waals surface area contributed by atoms with Crippen LogP contribution in [0.3, 0.4) is 0 Å². The maximum Gasteiger partial charge on any atom is 0.450 e. The van der Waals surface area contributed by atoms with Crippen LogP contribution >= 0.6 is 0 Å². The van der Waals surface area contributed by atoms with E-state index < -0.39 is 18.4 Å². The first-order chi connectivity index (χ1) is 8.36. The Balaban J connectivity index is 2.31. The molecule has 0 bridgehead atoms. The standard InChI is InChI=1S/C13H10F3NO/c1-8-2-4-10-6-9(3-5-11(10)17-8)7-12(18)13(14,15)16/h2-6H,7H2,1H3. The van der Waals surface area contributed by atoms with Crippen molar-refractivity contribution in [2.45, 2.75) is 19.5 Å². The lowest BCUT2D eigenvalue weighted by atomic mass is 10.1. The van der Waals surface area contributed by atoms with Crippen molar-refractivity contribution in [2.75, 3.05) is 0 Å². The fraction of sp³-hybridized carbons (Fsp3) is 0.231. The summed E-state index contributed by atoms with van der Waals surface area (Å²) in [6.07, 6.45) is -5.41. The molecule has 0 amide bonds. The lowest BCUT2D eigenvalue weighted by Gasteiger charge is -2.06. The number of hydrogen-bond acceptors (Lipinski definition) is 2. The fourth-order valence-electron chi connectivity index (χ4n) is 1.67. The van der Waals surface area contributed by atoms with Crippen LogP contribution in [0.1, 0.15) is 11.3 Å². The molecular formula is C13H10F3NO. The molecule has 0 aliphatic carbocycles. The van der Waals surface area contributed by atoms with E-state index in [0.717, 1.165) is 11.1 Å². The number of nitrogens with zero attached hydrogens (tertiary/aromatic N) is 1. The molecule has 5 heteroatoms. The van der Waals surface area contributed by atoms with Crippen LogP contribution in [0.5, 0.6) is 0 Å². The Kier molecular flexibility index (Phi) is 3.07. The molecule has 0 aliphatic rings. The summed E-state index contributed by atoms with van der Waals surface area (Å²) in [7, 11) is 0. The molecule has 1 aromatic heterocycles. The molecule has 0 unspecified atom stereocenters. The first kappa shape index (κ1) is 12.5. The van der Waals surface area contributed by atoms with Crippen molar-refractivity contribution >= 4 is 16.7 Å². The van der Waals surface area contributed by atoms with Crippen LogP contribution in [0.15, 0.2) is 30.3 Å². The van der Waals surface area contributed by atoms with Crippen LogP contribution in [-0.4, -0.2) is 16.9 Å². The number of ketones is 1. The SMILES string of the molecule is Cc1ccc2cc(CC(=O)C(F)(F)F)ccc2n1. The smallest absolute Gasteiger partial charge is 0.289 e. The Morgan fingerprint density at radius 2 is 1.94 bits per heavy atom. The Hall–Kier alpha value is -1.91. The minimum atomic E-state index is -4.78. The topological polar surface area (TPSA) is 30.0 Å². The van der Waals surface area contributed by atoms with Gasteiger partial charge in [0.25, 0.3) is 0 Å². The van der Waals surface area contributed by atoms with Gasteiger partial charge in [-0.15, -0.1) is 0 Å². The highest BCUT2D eigenvalue weighted by molar-refractivity contribution is 5.87. The fourth-order valence-corrected chi connectivity index (χ4v) is 1.67. The number of alkyl halides is 3. The summed E-state index contributed by atoms with van der Waals surface area (Å²) < 4.78 is 36.4. The van der Waals surface area contributed by atoms with E-state index in [2.05, 4.69) is 4.98 Å². The summed E-state index contributed by atoms with van der Waals surface area (Å²) in [5.41, 5.74) is 1.88. The van der Waals surface area contributed by atoms with Gasteiger partial charge in [0.2, 0.25) is 5.78 Å². The molecule has 1 heterocycles. The molecule has 1 aromatic carbocycles. The van der Waals surface area contributed by atoms with Gasteiger partial charge in [0.05, 0.1) is 5.52 Å². The number of pyridine rings is 1. The van der Waals surface area contributed by atoms with E-state index in [-0.39, 0.29) is 0 Å². The normalized spacial score (nSPS) is 11.8. The minimum absolute atomic E-state index is 0.343. The third-order valence-corrected chi connectivity index (χ3v) is 2.57. The molecule has 2 aromatic rings. The molecule has 0 N–H and O–H groups in total. The summed E-state index contributed by atoms with van der Waals surface area (Å²) in [6, 6.07) is 8.24. The van der Waals surface area contributed by atoms with E-state index in [0.29, 0.717) is 11.1 Å².